The molecule has 1 atom stereocenters. The first-order valence-electron chi connectivity index (χ1n) is 8.38. The van der Waals surface area contributed by atoms with Crippen LogP contribution in [0.15, 0.2) is 17.1 Å². The van der Waals surface area contributed by atoms with E-state index in [1.807, 2.05) is 0 Å². The van der Waals surface area contributed by atoms with E-state index in [9.17, 15) is 14.5 Å². The molecule has 0 spiro atoms. The minimum atomic E-state index is -4.46. The first-order chi connectivity index (χ1) is 12.6. The Morgan fingerprint density at radius 1 is 1.37 bits per heavy atom. The van der Waals surface area contributed by atoms with Crippen LogP contribution in [0.4, 0.5) is 5.82 Å². The second-order valence-corrected chi connectivity index (χ2v) is 7.20. The lowest BCUT2D eigenvalue weighted by molar-refractivity contribution is -0.0340. The Kier molecular flexibility index (Phi) is 11.1. The largest absolute Gasteiger partial charge is 0.392 e. The zero-order valence-corrected chi connectivity index (χ0v) is 16.8. The lowest BCUT2D eigenvalue weighted by Crippen LogP contribution is -2.43. The minimum Gasteiger partial charge on any atom is -0.392 e. The highest BCUT2D eigenvalue weighted by Gasteiger charge is 2.32. The molecule has 0 radical (unpaired) electrons. The Labute approximate surface area is 159 Å². The van der Waals surface area contributed by atoms with Crippen LogP contribution >= 0.6 is 7.60 Å². The third-order valence-electron chi connectivity index (χ3n) is 3.69. The van der Waals surface area contributed by atoms with Gasteiger partial charge in [-0.2, -0.15) is 4.98 Å². The van der Waals surface area contributed by atoms with Gasteiger partial charge >= 0.3 is 13.3 Å². The van der Waals surface area contributed by atoms with Crippen LogP contribution in [-0.4, -0.2) is 67.5 Å². The van der Waals surface area contributed by atoms with Crippen molar-refractivity contribution < 1.29 is 24.2 Å². The summed E-state index contributed by atoms with van der Waals surface area (Å²) in [6.45, 7) is 9.06. The van der Waals surface area contributed by atoms with Gasteiger partial charge in [0.05, 0.1) is 13.2 Å². The summed E-state index contributed by atoms with van der Waals surface area (Å²) in [5.74, 6) is 2.11. The van der Waals surface area contributed by atoms with Crippen LogP contribution in [0.2, 0.25) is 0 Å². The molecule has 0 aromatic carbocycles. The number of nitrogen functional groups attached to an aromatic ring is 1. The Morgan fingerprint density at radius 2 is 1.93 bits per heavy atom. The molecule has 27 heavy (non-hydrogen) atoms. The van der Waals surface area contributed by atoms with Crippen molar-refractivity contribution in [3.8, 4) is 12.3 Å². The molecular weight excluding hydrogens is 375 g/mol. The Bertz CT molecular complexity index is 704. The van der Waals surface area contributed by atoms with E-state index in [0.717, 1.165) is 4.57 Å². The van der Waals surface area contributed by atoms with Gasteiger partial charge < -0.3 is 30.3 Å². The minimum absolute atomic E-state index is 0.0118. The van der Waals surface area contributed by atoms with Crippen LogP contribution in [0.25, 0.3) is 0 Å². The molecule has 0 amide bonds. The van der Waals surface area contributed by atoms with E-state index in [1.54, 1.807) is 0 Å². The van der Waals surface area contributed by atoms with Crippen molar-refractivity contribution in [3.05, 3.63) is 22.7 Å². The maximum absolute atomic E-state index is 11.6. The lowest BCUT2D eigenvalue weighted by Gasteiger charge is -2.27. The predicted molar refractivity (Wildman–Crippen MR) is 103 cm³/mol. The number of ether oxygens (including phenoxy) is 1. The van der Waals surface area contributed by atoms with Crippen LogP contribution in [-0.2, 0) is 15.8 Å². The quantitative estimate of drug-likeness (QED) is 0.321. The summed E-state index contributed by atoms with van der Waals surface area (Å²) >= 11 is 0. The number of aliphatic hydroxyl groups is 1. The van der Waals surface area contributed by atoms with Crippen LogP contribution in [0.3, 0.4) is 0 Å². The van der Waals surface area contributed by atoms with Crippen molar-refractivity contribution in [3.63, 3.8) is 0 Å². The fraction of sp³-hybridized carbons (Fsp3) is 0.625. The van der Waals surface area contributed by atoms with E-state index in [2.05, 4.69) is 36.6 Å². The molecule has 0 aliphatic heterocycles. The zero-order chi connectivity index (χ0) is 21.1. The molecule has 1 rings (SSSR count). The number of anilines is 1. The van der Waals surface area contributed by atoms with Gasteiger partial charge in [-0.15, -0.1) is 6.42 Å². The molecular formula is C16H29N4O6P. The van der Waals surface area contributed by atoms with Gasteiger partial charge in [-0.25, -0.2) is 4.79 Å². The van der Waals surface area contributed by atoms with Crippen molar-refractivity contribution >= 4 is 13.4 Å². The number of hydrogen-bond donors (Lipinski definition) is 4. The summed E-state index contributed by atoms with van der Waals surface area (Å²) in [7, 11) is -4.46. The summed E-state index contributed by atoms with van der Waals surface area (Å²) in [4.78, 5) is 34.9. The van der Waals surface area contributed by atoms with E-state index in [0.29, 0.717) is 0 Å². The highest BCUT2D eigenvalue weighted by Crippen LogP contribution is 2.35. The molecule has 0 saturated carbocycles. The predicted octanol–water partition coefficient (Wildman–Crippen LogP) is -0.310. The van der Waals surface area contributed by atoms with Gasteiger partial charge in [-0.1, -0.05) is 26.7 Å². The van der Waals surface area contributed by atoms with Gasteiger partial charge in [-0.05, 0) is 25.7 Å². The molecule has 0 aliphatic rings. The normalized spacial score (nSPS) is 13.4. The van der Waals surface area contributed by atoms with Gasteiger partial charge in [0.25, 0.3) is 0 Å². The summed E-state index contributed by atoms with van der Waals surface area (Å²) in [6, 6.07) is 1.34. The monoisotopic (exact) mass is 404 g/mol. The Balaban J connectivity index is 0.000000821. The van der Waals surface area contributed by atoms with Gasteiger partial charge in [0.1, 0.15) is 5.82 Å². The third-order valence-corrected chi connectivity index (χ3v) is 4.16. The molecule has 0 fully saturated rings. The van der Waals surface area contributed by atoms with Gasteiger partial charge in [0.2, 0.25) is 0 Å². The van der Waals surface area contributed by atoms with E-state index in [-0.39, 0.29) is 12.4 Å². The van der Waals surface area contributed by atoms with Crippen LogP contribution < -0.4 is 11.4 Å². The summed E-state index contributed by atoms with van der Waals surface area (Å²) in [5.41, 5.74) is 2.85. The number of nitrogens with zero attached hydrogens (tertiary/aromatic N) is 3. The topological polar surface area (TPSA) is 151 Å². The number of aliphatic hydroxyl groups excluding tert-OH is 1. The molecule has 0 saturated heterocycles. The Hall–Kier alpha value is -1.73. The standard InChI is InChI=1S/C10H14N3O6P.C6H15N/c1-2-10(6-14,19-7-20(16,17)18)5-13-4-3-8(11)12-9(13)15;1-4-7(5-2)6-3/h1,3-4,14H,5-7H2,(H2,11,12,15)(H2,16,17,18);4-6H2,1-3H3. The molecule has 11 heteroatoms. The fourth-order valence-corrected chi connectivity index (χ4v) is 2.41. The second-order valence-electron chi connectivity index (χ2n) is 5.62. The number of aromatic nitrogens is 2. The molecule has 154 valence electrons. The van der Waals surface area contributed by atoms with E-state index in [1.165, 1.54) is 31.9 Å². The summed E-state index contributed by atoms with van der Waals surface area (Å²) in [6.07, 6.45) is 5.53. The molecule has 0 bridgehead atoms. The molecule has 1 unspecified atom stereocenters. The number of terminal acetylenes is 1. The molecule has 1 heterocycles. The summed E-state index contributed by atoms with van der Waals surface area (Å²) < 4.78 is 16.7. The van der Waals surface area contributed by atoms with Gasteiger partial charge in [0.15, 0.2) is 11.9 Å². The molecule has 1 aromatic rings. The second kappa shape index (κ2) is 11.9. The molecule has 0 aliphatic carbocycles. The van der Waals surface area contributed by atoms with Crippen LogP contribution in [0.5, 0.6) is 0 Å². The lowest BCUT2D eigenvalue weighted by atomic mass is 10.1. The average Bonchev–Trinajstić information content (AvgIpc) is 2.62. The molecule has 10 nitrogen and oxygen atoms in total. The number of rotatable bonds is 9. The van der Waals surface area contributed by atoms with E-state index >= 15 is 0 Å². The highest BCUT2D eigenvalue weighted by atomic mass is 31.2. The number of nitrogens with two attached hydrogens (primary N) is 1. The van der Waals surface area contributed by atoms with Crippen molar-refractivity contribution in [2.24, 2.45) is 0 Å². The zero-order valence-electron chi connectivity index (χ0n) is 15.9. The average molecular weight is 404 g/mol. The first kappa shape index (κ1) is 25.3. The SMILES string of the molecule is C#CC(CO)(Cn1ccc(N)nc1=O)OCP(=O)(O)O.CCN(CC)CC. The maximum Gasteiger partial charge on any atom is 0.351 e. The Morgan fingerprint density at radius 3 is 2.26 bits per heavy atom. The van der Waals surface area contributed by atoms with Gasteiger partial charge in [0, 0.05) is 6.20 Å². The van der Waals surface area contributed by atoms with Crippen LogP contribution in [0, 0.1) is 12.3 Å². The molecule has 5 N–H and O–H groups in total. The van der Waals surface area contributed by atoms with E-state index < -0.39 is 31.8 Å². The first-order valence-corrected chi connectivity index (χ1v) is 10.2. The highest BCUT2D eigenvalue weighted by molar-refractivity contribution is 7.51. The molecule has 1 aromatic heterocycles. The van der Waals surface area contributed by atoms with E-state index in [4.69, 9.17) is 26.7 Å². The fourth-order valence-electron chi connectivity index (χ4n) is 1.99. The van der Waals surface area contributed by atoms with Gasteiger partial charge in [-0.3, -0.25) is 9.13 Å². The van der Waals surface area contributed by atoms with Crippen molar-refractivity contribution in [1.82, 2.24) is 14.5 Å². The summed E-state index contributed by atoms with van der Waals surface area (Å²) in [5, 5.41) is 9.30. The van der Waals surface area contributed by atoms with Crippen molar-refractivity contribution in [1.29, 1.82) is 0 Å². The van der Waals surface area contributed by atoms with Crippen molar-refractivity contribution in [2.75, 3.05) is 38.3 Å². The third kappa shape index (κ3) is 9.68. The number of hydrogen-bond acceptors (Lipinski definition) is 7. The van der Waals surface area contributed by atoms with Crippen LogP contribution in [0.1, 0.15) is 20.8 Å². The van der Waals surface area contributed by atoms with Crippen molar-refractivity contribution in [2.45, 2.75) is 32.9 Å². The smallest absolute Gasteiger partial charge is 0.351 e. The maximum atomic E-state index is 11.6.